The maximum absolute atomic E-state index is 12.4. The van der Waals surface area contributed by atoms with Crippen LogP contribution in [0.2, 0.25) is 0 Å². The largest absolute Gasteiger partial charge is 0.497 e. The first-order chi connectivity index (χ1) is 13.0. The highest BCUT2D eigenvalue weighted by atomic mass is 16.5. The number of carbonyl (C=O) groups is 1. The molecule has 2 heterocycles. The quantitative estimate of drug-likeness (QED) is 0.839. The molecule has 0 aliphatic carbocycles. The molecule has 1 N–H and O–H groups in total. The van der Waals surface area contributed by atoms with E-state index >= 15 is 0 Å². The fourth-order valence-corrected chi connectivity index (χ4v) is 3.43. The molecule has 0 unspecified atom stereocenters. The Kier molecular flexibility index (Phi) is 6.13. The molecule has 7 heteroatoms. The van der Waals surface area contributed by atoms with Crippen molar-refractivity contribution in [1.29, 1.82) is 0 Å². The summed E-state index contributed by atoms with van der Waals surface area (Å²) in [7, 11) is 3.57. The van der Waals surface area contributed by atoms with E-state index in [1.807, 2.05) is 33.0 Å². The summed E-state index contributed by atoms with van der Waals surface area (Å²) in [6.45, 7) is 8.95. The van der Waals surface area contributed by atoms with Crippen LogP contribution in [0, 0.1) is 13.8 Å². The van der Waals surface area contributed by atoms with Crippen molar-refractivity contribution in [2.45, 2.75) is 20.4 Å². The summed E-state index contributed by atoms with van der Waals surface area (Å²) < 4.78 is 7.00. The van der Waals surface area contributed by atoms with Crippen molar-refractivity contribution >= 4 is 11.6 Å². The van der Waals surface area contributed by atoms with E-state index in [0.717, 1.165) is 55.5 Å². The Morgan fingerprint density at radius 2 is 1.74 bits per heavy atom. The van der Waals surface area contributed by atoms with E-state index in [4.69, 9.17) is 4.74 Å². The van der Waals surface area contributed by atoms with Gasteiger partial charge < -0.3 is 10.1 Å². The van der Waals surface area contributed by atoms with Crippen molar-refractivity contribution in [3.63, 3.8) is 0 Å². The van der Waals surface area contributed by atoms with E-state index in [9.17, 15) is 4.79 Å². The highest BCUT2D eigenvalue weighted by Gasteiger charge is 2.20. The van der Waals surface area contributed by atoms with Gasteiger partial charge in [-0.05, 0) is 31.5 Å². The van der Waals surface area contributed by atoms with Crippen LogP contribution < -0.4 is 10.1 Å². The minimum absolute atomic E-state index is 0.0257. The zero-order valence-electron chi connectivity index (χ0n) is 16.7. The summed E-state index contributed by atoms with van der Waals surface area (Å²) in [5, 5.41) is 7.36. The van der Waals surface area contributed by atoms with Gasteiger partial charge >= 0.3 is 0 Å². The first kappa shape index (κ1) is 19.4. The molecule has 0 radical (unpaired) electrons. The van der Waals surface area contributed by atoms with Crippen LogP contribution in [0.1, 0.15) is 17.0 Å². The van der Waals surface area contributed by atoms with Gasteiger partial charge in [0.25, 0.3) is 0 Å². The van der Waals surface area contributed by atoms with Gasteiger partial charge in [0.05, 0.1) is 30.7 Å². The number of rotatable bonds is 6. The minimum atomic E-state index is 0.0257. The molecule has 1 aliphatic heterocycles. The molecule has 0 bridgehead atoms. The van der Waals surface area contributed by atoms with Crippen LogP contribution in [0.25, 0.3) is 0 Å². The van der Waals surface area contributed by atoms with Gasteiger partial charge in [0.2, 0.25) is 5.91 Å². The Morgan fingerprint density at radius 3 is 2.30 bits per heavy atom. The number of piperazine rings is 1. The monoisotopic (exact) mass is 371 g/mol. The lowest BCUT2D eigenvalue weighted by atomic mass is 10.2. The number of hydrogen-bond donors (Lipinski definition) is 1. The van der Waals surface area contributed by atoms with Crippen molar-refractivity contribution in [1.82, 2.24) is 19.6 Å². The third-order valence-corrected chi connectivity index (χ3v) is 5.17. The number of hydrogen-bond acceptors (Lipinski definition) is 5. The lowest BCUT2D eigenvalue weighted by Gasteiger charge is -2.34. The number of benzene rings is 1. The molecule has 1 aliphatic rings. The van der Waals surface area contributed by atoms with Gasteiger partial charge in [-0.3, -0.25) is 19.3 Å². The van der Waals surface area contributed by atoms with Gasteiger partial charge in [0, 0.05) is 39.8 Å². The Balaban J connectivity index is 1.45. The van der Waals surface area contributed by atoms with Gasteiger partial charge in [-0.2, -0.15) is 5.10 Å². The highest BCUT2D eigenvalue weighted by molar-refractivity contribution is 5.93. The number of anilines is 1. The van der Waals surface area contributed by atoms with E-state index in [1.165, 1.54) is 5.56 Å². The average molecular weight is 371 g/mol. The number of amides is 1. The smallest absolute Gasteiger partial charge is 0.238 e. The molecule has 1 aromatic heterocycles. The first-order valence-electron chi connectivity index (χ1n) is 9.34. The second-order valence-electron chi connectivity index (χ2n) is 7.12. The third-order valence-electron chi connectivity index (χ3n) is 5.17. The second-order valence-corrected chi connectivity index (χ2v) is 7.12. The maximum atomic E-state index is 12.4. The van der Waals surface area contributed by atoms with Gasteiger partial charge in [0.1, 0.15) is 5.75 Å². The first-order valence-corrected chi connectivity index (χ1v) is 9.34. The van der Waals surface area contributed by atoms with Crippen molar-refractivity contribution in [2.24, 2.45) is 7.05 Å². The summed E-state index contributed by atoms with van der Waals surface area (Å²) in [5.41, 5.74) is 3.95. The van der Waals surface area contributed by atoms with Crippen LogP contribution >= 0.6 is 0 Å². The summed E-state index contributed by atoms with van der Waals surface area (Å²) in [6.07, 6.45) is 0. The molecule has 3 rings (SSSR count). The molecule has 1 fully saturated rings. The Bertz CT molecular complexity index is 776. The number of nitrogens with one attached hydrogen (secondary N) is 1. The topological polar surface area (TPSA) is 62.6 Å². The minimum Gasteiger partial charge on any atom is -0.497 e. The van der Waals surface area contributed by atoms with E-state index in [1.54, 1.807) is 11.8 Å². The van der Waals surface area contributed by atoms with Crippen molar-refractivity contribution in [3.8, 4) is 5.75 Å². The molecule has 1 saturated heterocycles. The fourth-order valence-electron chi connectivity index (χ4n) is 3.43. The molecular formula is C20H29N5O2. The van der Waals surface area contributed by atoms with Gasteiger partial charge in [0.15, 0.2) is 0 Å². The zero-order chi connectivity index (χ0) is 19.4. The summed E-state index contributed by atoms with van der Waals surface area (Å²) in [5.74, 6) is 0.909. The maximum Gasteiger partial charge on any atom is 0.238 e. The Morgan fingerprint density at radius 1 is 1.11 bits per heavy atom. The molecule has 0 saturated carbocycles. The van der Waals surface area contributed by atoms with Crippen molar-refractivity contribution in [2.75, 3.05) is 45.2 Å². The van der Waals surface area contributed by atoms with Gasteiger partial charge in [-0.25, -0.2) is 0 Å². The number of methoxy groups -OCH3 is 1. The summed E-state index contributed by atoms with van der Waals surface area (Å²) in [4.78, 5) is 17.0. The molecule has 1 aromatic carbocycles. The Hall–Kier alpha value is -2.38. The Labute approximate surface area is 160 Å². The van der Waals surface area contributed by atoms with Crippen LogP contribution in [-0.4, -0.2) is 65.3 Å². The molecule has 146 valence electrons. The number of aryl methyl sites for hydroxylation is 2. The number of nitrogens with zero attached hydrogens (tertiary/aromatic N) is 4. The summed E-state index contributed by atoms with van der Waals surface area (Å²) >= 11 is 0. The van der Waals surface area contributed by atoms with Crippen LogP contribution in [0.15, 0.2) is 24.3 Å². The lowest BCUT2D eigenvalue weighted by Crippen LogP contribution is -2.48. The van der Waals surface area contributed by atoms with E-state index in [0.29, 0.717) is 6.54 Å². The summed E-state index contributed by atoms with van der Waals surface area (Å²) in [6, 6.07) is 8.21. The second kappa shape index (κ2) is 8.54. The number of ether oxygens (including phenoxy) is 1. The third kappa shape index (κ3) is 4.87. The molecule has 0 atom stereocenters. The van der Waals surface area contributed by atoms with Gasteiger partial charge in [-0.15, -0.1) is 0 Å². The van der Waals surface area contributed by atoms with E-state index in [-0.39, 0.29) is 5.91 Å². The van der Waals surface area contributed by atoms with E-state index < -0.39 is 0 Å². The lowest BCUT2D eigenvalue weighted by molar-refractivity contribution is -0.117. The standard InChI is InChI=1S/C20H29N5O2/c1-15-20(16(2)23(3)22-15)21-19(26)14-25-11-9-24(10-12-25)13-17-5-7-18(27-4)8-6-17/h5-8H,9-14H2,1-4H3,(H,21,26). The predicted molar refractivity (Wildman–Crippen MR) is 106 cm³/mol. The van der Waals surface area contributed by atoms with E-state index in [2.05, 4.69) is 32.3 Å². The van der Waals surface area contributed by atoms with Crippen LogP contribution in [0.3, 0.4) is 0 Å². The molecule has 27 heavy (non-hydrogen) atoms. The molecule has 1 amide bonds. The number of carbonyl (C=O) groups excluding carboxylic acids is 1. The highest BCUT2D eigenvalue weighted by Crippen LogP contribution is 2.18. The predicted octanol–water partition coefficient (Wildman–Crippen LogP) is 1.80. The molecule has 2 aromatic rings. The zero-order valence-corrected chi connectivity index (χ0v) is 16.7. The molecule has 0 spiro atoms. The van der Waals surface area contributed by atoms with Crippen LogP contribution in [0.5, 0.6) is 5.75 Å². The van der Waals surface area contributed by atoms with Crippen LogP contribution in [-0.2, 0) is 18.4 Å². The fraction of sp³-hybridized carbons (Fsp3) is 0.500. The van der Waals surface area contributed by atoms with Crippen molar-refractivity contribution in [3.05, 3.63) is 41.2 Å². The SMILES string of the molecule is COc1ccc(CN2CCN(CC(=O)Nc3c(C)nn(C)c3C)CC2)cc1. The number of aromatic nitrogens is 2. The molecule has 7 nitrogen and oxygen atoms in total. The van der Waals surface area contributed by atoms with Crippen molar-refractivity contribution < 1.29 is 9.53 Å². The molecular weight excluding hydrogens is 342 g/mol. The van der Waals surface area contributed by atoms with Crippen LogP contribution in [0.4, 0.5) is 5.69 Å². The normalized spacial score (nSPS) is 15.7. The van der Waals surface area contributed by atoms with Gasteiger partial charge in [-0.1, -0.05) is 12.1 Å². The average Bonchev–Trinajstić information content (AvgIpc) is 2.90.